The van der Waals surface area contributed by atoms with Gasteiger partial charge in [0.1, 0.15) is 0 Å². The highest BCUT2D eigenvalue weighted by Gasteiger charge is 2.00. The van der Waals surface area contributed by atoms with Crippen LogP contribution >= 0.6 is 0 Å². The second kappa shape index (κ2) is 4.65. The average molecular weight is 177 g/mol. The molecule has 2 nitrogen and oxygen atoms in total. The summed E-state index contributed by atoms with van der Waals surface area (Å²) in [5.74, 6) is 0. The Morgan fingerprint density at radius 1 is 1.23 bits per heavy atom. The summed E-state index contributed by atoms with van der Waals surface area (Å²) < 4.78 is 0. The maximum absolute atomic E-state index is 8.69. The van der Waals surface area contributed by atoms with Gasteiger partial charge in [-0.3, -0.25) is 0 Å². The van der Waals surface area contributed by atoms with Crippen molar-refractivity contribution in [3.8, 4) is 0 Å². The van der Waals surface area contributed by atoms with E-state index in [-0.39, 0.29) is 0 Å². The molecule has 0 unspecified atom stereocenters. The van der Waals surface area contributed by atoms with E-state index in [2.05, 4.69) is 24.2 Å². The largest absolute Gasteiger partial charge is 0.411 e. The van der Waals surface area contributed by atoms with E-state index >= 15 is 0 Å². The third-order valence-electron chi connectivity index (χ3n) is 2.15. The summed E-state index contributed by atoms with van der Waals surface area (Å²) in [4.78, 5) is 0. The average Bonchev–Trinajstić information content (AvgIpc) is 2.21. The van der Waals surface area contributed by atoms with Crippen molar-refractivity contribution in [2.45, 2.75) is 26.7 Å². The molecule has 0 amide bonds. The minimum Gasteiger partial charge on any atom is -0.411 e. The molecule has 1 aromatic rings. The molecular weight excluding hydrogens is 162 g/mol. The molecule has 0 aliphatic carbocycles. The van der Waals surface area contributed by atoms with Crippen LogP contribution in [-0.4, -0.2) is 10.9 Å². The fourth-order valence-corrected chi connectivity index (χ4v) is 1.27. The zero-order valence-corrected chi connectivity index (χ0v) is 8.12. The zero-order chi connectivity index (χ0) is 9.68. The first-order valence-corrected chi connectivity index (χ1v) is 4.62. The van der Waals surface area contributed by atoms with Crippen molar-refractivity contribution >= 4 is 5.71 Å². The molecule has 0 aromatic heterocycles. The number of benzene rings is 1. The molecule has 1 rings (SSSR count). The second-order valence-electron chi connectivity index (χ2n) is 2.95. The zero-order valence-electron chi connectivity index (χ0n) is 8.12. The van der Waals surface area contributed by atoms with Crippen molar-refractivity contribution < 1.29 is 5.21 Å². The summed E-state index contributed by atoms with van der Waals surface area (Å²) >= 11 is 0. The lowest BCUT2D eigenvalue weighted by Crippen LogP contribution is -1.98. The molecule has 0 fully saturated rings. The van der Waals surface area contributed by atoms with Crippen molar-refractivity contribution in [1.29, 1.82) is 0 Å². The molecule has 0 heterocycles. The highest BCUT2D eigenvalue weighted by molar-refractivity contribution is 5.99. The molecule has 0 saturated carbocycles. The molecule has 1 N–H and O–H groups in total. The molecule has 0 spiro atoms. The van der Waals surface area contributed by atoms with Gasteiger partial charge in [-0.05, 0) is 24.0 Å². The minimum absolute atomic E-state index is 0.739. The van der Waals surface area contributed by atoms with Crippen LogP contribution in [0.1, 0.15) is 31.4 Å². The van der Waals surface area contributed by atoms with Gasteiger partial charge < -0.3 is 5.21 Å². The number of nitrogens with zero attached hydrogens (tertiary/aromatic N) is 1. The van der Waals surface area contributed by atoms with Gasteiger partial charge in [-0.25, -0.2) is 0 Å². The molecule has 0 radical (unpaired) electrons. The molecule has 0 saturated heterocycles. The Bertz CT molecular complexity index is 287. The van der Waals surface area contributed by atoms with Crippen LogP contribution in [0.15, 0.2) is 29.4 Å². The van der Waals surface area contributed by atoms with Crippen LogP contribution in [0.3, 0.4) is 0 Å². The summed E-state index contributed by atoms with van der Waals surface area (Å²) in [6.45, 7) is 4.10. The van der Waals surface area contributed by atoms with Crippen molar-refractivity contribution in [2.75, 3.05) is 0 Å². The molecule has 0 aliphatic rings. The molecule has 2 heteroatoms. The smallest absolute Gasteiger partial charge is 0.0865 e. The maximum atomic E-state index is 8.69. The molecule has 13 heavy (non-hydrogen) atoms. The lowest BCUT2D eigenvalue weighted by Gasteiger charge is -2.02. The molecular formula is C11H15NO. The first-order valence-electron chi connectivity index (χ1n) is 4.62. The summed E-state index contributed by atoms with van der Waals surface area (Å²) in [7, 11) is 0. The van der Waals surface area contributed by atoms with Crippen LogP contribution < -0.4 is 0 Å². The standard InChI is InChI=1S/C11H15NO/c1-3-9-5-7-10(8-6-9)11(4-2)12-13/h5-8,13H,3-4H2,1-2H3/b12-11+. The number of rotatable bonds is 3. The lowest BCUT2D eigenvalue weighted by molar-refractivity contribution is 0.318. The first-order chi connectivity index (χ1) is 6.31. The van der Waals surface area contributed by atoms with Crippen molar-refractivity contribution in [3.05, 3.63) is 35.4 Å². The third kappa shape index (κ3) is 2.31. The minimum atomic E-state index is 0.739. The maximum Gasteiger partial charge on any atom is 0.0865 e. The number of oxime groups is 1. The van der Waals surface area contributed by atoms with Crippen LogP contribution in [0, 0.1) is 0 Å². The van der Waals surface area contributed by atoms with Gasteiger partial charge in [-0.1, -0.05) is 43.3 Å². The van der Waals surface area contributed by atoms with Crippen LogP contribution in [0.5, 0.6) is 0 Å². The highest BCUT2D eigenvalue weighted by Crippen LogP contribution is 2.07. The molecule has 0 bridgehead atoms. The van der Waals surface area contributed by atoms with E-state index in [4.69, 9.17) is 5.21 Å². The molecule has 1 aromatic carbocycles. The predicted octanol–water partition coefficient (Wildman–Crippen LogP) is 2.84. The van der Waals surface area contributed by atoms with Crippen LogP contribution in [0.2, 0.25) is 0 Å². The Morgan fingerprint density at radius 3 is 2.23 bits per heavy atom. The Hall–Kier alpha value is -1.31. The van der Waals surface area contributed by atoms with Gasteiger partial charge in [0.2, 0.25) is 0 Å². The van der Waals surface area contributed by atoms with Gasteiger partial charge in [0.15, 0.2) is 0 Å². The summed E-state index contributed by atoms with van der Waals surface area (Å²) in [5, 5.41) is 11.9. The monoisotopic (exact) mass is 177 g/mol. The number of hydrogen-bond donors (Lipinski definition) is 1. The van der Waals surface area contributed by atoms with Crippen molar-refractivity contribution in [2.24, 2.45) is 5.16 Å². The van der Waals surface area contributed by atoms with Gasteiger partial charge >= 0.3 is 0 Å². The summed E-state index contributed by atoms with van der Waals surface area (Å²) in [6, 6.07) is 8.13. The normalized spacial score (nSPS) is 11.7. The predicted molar refractivity (Wildman–Crippen MR) is 54.4 cm³/mol. The lowest BCUT2D eigenvalue weighted by atomic mass is 10.1. The van der Waals surface area contributed by atoms with Gasteiger partial charge in [0.05, 0.1) is 5.71 Å². The van der Waals surface area contributed by atoms with E-state index in [1.165, 1.54) is 5.56 Å². The third-order valence-corrected chi connectivity index (χ3v) is 2.15. The fraction of sp³-hybridized carbons (Fsp3) is 0.364. The number of hydrogen-bond acceptors (Lipinski definition) is 2. The van der Waals surface area contributed by atoms with E-state index in [9.17, 15) is 0 Å². The van der Waals surface area contributed by atoms with E-state index in [1.807, 2.05) is 19.1 Å². The van der Waals surface area contributed by atoms with Crippen LogP contribution in [0.25, 0.3) is 0 Å². The second-order valence-corrected chi connectivity index (χ2v) is 2.95. The Balaban J connectivity index is 2.91. The topological polar surface area (TPSA) is 32.6 Å². The molecule has 0 atom stereocenters. The molecule has 70 valence electrons. The summed E-state index contributed by atoms with van der Waals surface area (Å²) in [6.07, 6.45) is 1.79. The SMILES string of the molecule is CC/C(=N\O)c1ccc(CC)cc1. The fourth-order valence-electron chi connectivity index (χ4n) is 1.27. The van der Waals surface area contributed by atoms with Crippen LogP contribution in [-0.2, 0) is 6.42 Å². The van der Waals surface area contributed by atoms with E-state index in [1.54, 1.807) is 0 Å². The molecule has 0 aliphatic heterocycles. The van der Waals surface area contributed by atoms with E-state index < -0.39 is 0 Å². The summed E-state index contributed by atoms with van der Waals surface area (Å²) in [5.41, 5.74) is 3.04. The van der Waals surface area contributed by atoms with Gasteiger partial charge in [-0.15, -0.1) is 0 Å². The van der Waals surface area contributed by atoms with Crippen LogP contribution in [0.4, 0.5) is 0 Å². The first kappa shape index (κ1) is 9.78. The van der Waals surface area contributed by atoms with Crippen molar-refractivity contribution in [3.63, 3.8) is 0 Å². The van der Waals surface area contributed by atoms with Gasteiger partial charge in [-0.2, -0.15) is 0 Å². The van der Waals surface area contributed by atoms with Gasteiger partial charge in [0.25, 0.3) is 0 Å². The van der Waals surface area contributed by atoms with Crippen molar-refractivity contribution in [1.82, 2.24) is 0 Å². The highest BCUT2D eigenvalue weighted by atomic mass is 16.4. The Labute approximate surface area is 78.9 Å². The van der Waals surface area contributed by atoms with E-state index in [0.717, 1.165) is 24.1 Å². The quantitative estimate of drug-likeness (QED) is 0.430. The Morgan fingerprint density at radius 2 is 1.85 bits per heavy atom. The number of aryl methyl sites for hydroxylation is 1. The van der Waals surface area contributed by atoms with Gasteiger partial charge in [0, 0.05) is 0 Å². The Kier molecular flexibility index (Phi) is 3.50. The van der Waals surface area contributed by atoms with E-state index in [0.29, 0.717) is 0 Å².